The highest BCUT2D eigenvalue weighted by atomic mass is 79.9. The van der Waals surface area contributed by atoms with Crippen LogP contribution >= 0.6 is 15.9 Å². The molecule has 0 amide bonds. The molecule has 2 nitrogen and oxygen atoms in total. The maximum absolute atomic E-state index is 4.39. The summed E-state index contributed by atoms with van der Waals surface area (Å²) in [5.41, 5.74) is 1.20. The van der Waals surface area contributed by atoms with Crippen molar-refractivity contribution in [3.63, 3.8) is 0 Å². The number of hydrogen-bond acceptors (Lipinski definition) is 2. The minimum absolute atomic E-state index is 0.732. The van der Waals surface area contributed by atoms with Gasteiger partial charge in [-0.05, 0) is 73.1 Å². The van der Waals surface area contributed by atoms with E-state index in [1.807, 2.05) is 6.20 Å². The predicted molar refractivity (Wildman–Crippen MR) is 70.4 cm³/mol. The molecule has 2 rings (SSSR count). The molecule has 16 heavy (non-hydrogen) atoms. The molecule has 1 heterocycles. The van der Waals surface area contributed by atoms with E-state index < -0.39 is 0 Å². The molecule has 1 aliphatic carbocycles. The molecule has 0 bridgehead atoms. The number of halogens is 1. The Bertz CT molecular complexity index is 319. The Morgan fingerprint density at radius 2 is 2.31 bits per heavy atom. The van der Waals surface area contributed by atoms with Gasteiger partial charge in [0.15, 0.2) is 0 Å². The van der Waals surface area contributed by atoms with Crippen LogP contribution < -0.4 is 5.32 Å². The van der Waals surface area contributed by atoms with Crippen molar-refractivity contribution in [1.29, 1.82) is 0 Å². The van der Waals surface area contributed by atoms with Crippen LogP contribution in [0.25, 0.3) is 0 Å². The summed E-state index contributed by atoms with van der Waals surface area (Å²) < 4.78 is 1.06. The lowest BCUT2D eigenvalue weighted by Gasteiger charge is -2.14. The molecule has 0 radical (unpaired) electrons. The molecule has 0 spiro atoms. The van der Waals surface area contributed by atoms with Gasteiger partial charge in [-0.1, -0.05) is 0 Å². The van der Waals surface area contributed by atoms with Crippen molar-refractivity contribution in [3.05, 3.63) is 28.5 Å². The smallest absolute Gasteiger partial charge is 0.0413 e. The summed E-state index contributed by atoms with van der Waals surface area (Å²) >= 11 is 3.40. The van der Waals surface area contributed by atoms with E-state index in [1.165, 1.54) is 31.4 Å². The summed E-state index contributed by atoms with van der Waals surface area (Å²) in [6.07, 6.45) is 8.32. The van der Waals surface area contributed by atoms with E-state index in [-0.39, 0.29) is 0 Å². The summed E-state index contributed by atoms with van der Waals surface area (Å²) in [5.74, 6) is 0.947. The van der Waals surface area contributed by atoms with Crippen LogP contribution in [0, 0.1) is 5.92 Å². The van der Waals surface area contributed by atoms with E-state index in [0.717, 1.165) is 22.9 Å². The zero-order valence-corrected chi connectivity index (χ0v) is 11.3. The van der Waals surface area contributed by atoms with Gasteiger partial charge >= 0.3 is 0 Å². The normalized spacial score (nSPS) is 17.4. The first-order chi connectivity index (χ1) is 7.79. The van der Waals surface area contributed by atoms with Gasteiger partial charge in [0.25, 0.3) is 0 Å². The molecule has 0 aliphatic heterocycles. The lowest BCUT2D eigenvalue weighted by atomic mass is 10.0. The van der Waals surface area contributed by atoms with Gasteiger partial charge in [-0.2, -0.15) is 0 Å². The van der Waals surface area contributed by atoms with Crippen LogP contribution in [0.15, 0.2) is 22.8 Å². The number of nitrogens with zero attached hydrogens (tertiary/aromatic N) is 1. The Balaban J connectivity index is 1.72. The number of rotatable bonds is 6. The molecular formula is C13H19BrN2. The lowest BCUT2D eigenvalue weighted by Crippen LogP contribution is -2.27. The Morgan fingerprint density at radius 3 is 2.88 bits per heavy atom. The summed E-state index contributed by atoms with van der Waals surface area (Å²) in [6.45, 7) is 0. The van der Waals surface area contributed by atoms with Gasteiger partial charge in [-0.15, -0.1) is 0 Å². The van der Waals surface area contributed by atoms with Crippen LogP contribution in [0.4, 0.5) is 0 Å². The van der Waals surface area contributed by atoms with Crippen molar-refractivity contribution >= 4 is 15.9 Å². The molecule has 1 N–H and O–H groups in total. The first-order valence-corrected chi connectivity index (χ1v) is 6.86. The number of nitrogens with one attached hydrogen (secondary N) is 1. The van der Waals surface area contributed by atoms with E-state index in [4.69, 9.17) is 0 Å². The van der Waals surface area contributed by atoms with Gasteiger partial charge < -0.3 is 5.32 Å². The highest BCUT2D eigenvalue weighted by Crippen LogP contribution is 2.34. The monoisotopic (exact) mass is 282 g/mol. The average molecular weight is 283 g/mol. The van der Waals surface area contributed by atoms with Gasteiger partial charge in [-0.3, -0.25) is 4.98 Å². The molecule has 1 atom stereocenters. The van der Waals surface area contributed by atoms with Gasteiger partial charge in [0, 0.05) is 22.4 Å². The lowest BCUT2D eigenvalue weighted by molar-refractivity contribution is 0.455. The van der Waals surface area contributed by atoms with E-state index in [2.05, 4.69) is 45.4 Å². The predicted octanol–water partition coefficient (Wildman–Crippen LogP) is 3.16. The SMILES string of the molecule is CNC(CCCc1ccc(Br)cn1)C1CC1. The van der Waals surface area contributed by atoms with E-state index in [1.54, 1.807) is 0 Å². The van der Waals surface area contributed by atoms with Crippen LogP contribution in [0.3, 0.4) is 0 Å². The van der Waals surface area contributed by atoms with E-state index >= 15 is 0 Å². The molecule has 1 unspecified atom stereocenters. The third-order valence-corrected chi connectivity index (χ3v) is 3.77. The van der Waals surface area contributed by atoms with Crippen molar-refractivity contribution in [1.82, 2.24) is 10.3 Å². The largest absolute Gasteiger partial charge is 0.317 e. The second-order valence-electron chi connectivity index (χ2n) is 4.59. The van der Waals surface area contributed by atoms with Gasteiger partial charge in [0.05, 0.1) is 0 Å². The second-order valence-corrected chi connectivity index (χ2v) is 5.51. The fourth-order valence-corrected chi connectivity index (χ4v) is 2.41. The van der Waals surface area contributed by atoms with Crippen molar-refractivity contribution < 1.29 is 0 Å². The third kappa shape index (κ3) is 3.56. The van der Waals surface area contributed by atoms with Crippen molar-refractivity contribution in [2.75, 3.05) is 7.05 Å². The highest BCUT2D eigenvalue weighted by Gasteiger charge is 2.29. The summed E-state index contributed by atoms with van der Waals surface area (Å²) in [7, 11) is 2.08. The van der Waals surface area contributed by atoms with Crippen molar-refractivity contribution in [3.8, 4) is 0 Å². The molecular weight excluding hydrogens is 264 g/mol. The van der Waals surface area contributed by atoms with Crippen LogP contribution in [0.2, 0.25) is 0 Å². The fourth-order valence-electron chi connectivity index (χ4n) is 2.17. The first kappa shape index (κ1) is 12.1. The molecule has 1 aliphatic rings. The molecule has 1 fully saturated rings. The van der Waals surface area contributed by atoms with Crippen LogP contribution in [-0.2, 0) is 6.42 Å². The minimum atomic E-state index is 0.732. The number of aryl methyl sites for hydroxylation is 1. The van der Waals surface area contributed by atoms with E-state index in [9.17, 15) is 0 Å². The zero-order valence-electron chi connectivity index (χ0n) is 9.75. The summed E-state index contributed by atoms with van der Waals surface area (Å²) in [6, 6.07) is 4.91. The number of aromatic nitrogens is 1. The quantitative estimate of drug-likeness (QED) is 0.867. The van der Waals surface area contributed by atoms with Gasteiger partial charge in [0.1, 0.15) is 0 Å². The Morgan fingerprint density at radius 1 is 1.50 bits per heavy atom. The van der Waals surface area contributed by atoms with E-state index in [0.29, 0.717) is 0 Å². The first-order valence-electron chi connectivity index (χ1n) is 6.07. The molecule has 1 aromatic rings. The minimum Gasteiger partial charge on any atom is -0.317 e. The van der Waals surface area contributed by atoms with Crippen molar-refractivity contribution in [2.45, 2.75) is 38.1 Å². The third-order valence-electron chi connectivity index (χ3n) is 3.30. The zero-order chi connectivity index (χ0) is 11.4. The standard InChI is InChI=1S/C13H19BrN2/c1-15-13(10-5-6-10)4-2-3-12-8-7-11(14)9-16-12/h7-10,13,15H,2-6H2,1H3. The van der Waals surface area contributed by atoms with Gasteiger partial charge in [0.2, 0.25) is 0 Å². The average Bonchev–Trinajstić information content (AvgIpc) is 3.11. The molecule has 3 heteroatoms. The number of hydrogen-bond donors (Lipinski definition) is 1. The Labute approximate surface area is 106 Å². The Kier molecular flexibility index (Phi) is 4.36. The van der Waals surface area contributed by atoms with Crippen molar-refractivity contribution in [2.24, 2.45) is 5.92 Å². The molecule has 0 aromatic carbocycles. The second kappa shape index (κ2) is 5.78. The van der Waals surface area contributed by atoms with Crippen LogP contribution in [-0.4, -0.2) is 18.1 Å². The Hall–Kier alpha value is -0.410. The van der Waals surface area contributed by atoms with Gasteiger partial charge in [-0.25, -0.2) is 0 Å². The molecule has 88 valence electrons. The molecule has 1 aromatic heterocycles. The molecule has 1 saturated carbocycles. The molecule has 0 saturated heterocycles. The highest BCUT2D eigenvalue weighted by molar-refractivity contribution is 9.10. The van der Waals surface area contributed by atoms with Crippen LogP contribution in [0.5, 0.6) is 0 Å². The van der Waals surface area contributed by atoms with Crippen LogP contribution in [0.1, 0.15) is 31.4 Å². The maximum Gasteiger partial charge on any atom is 0.0413 e. The fraction of sp³-hybridized carbons (Fsp3) is 0.615. The number of pyridine rings is 1. The maximum atomic E-state index is 4.39. The summed E-state index contributed by atoms with van der Waals surface area (Å²) in [4.78, 5) is 4.39. The topological polar surface area (TPSA) is 24.9 Å². The summed E-state index contributed by atoms with van der Waals surface area (Å²) in [5, 5.41) is 3.43.